The Balaban J connectivity index is 3.27. The van der Waals surface area contributed by atoms with Gasteiger partial charge in [-0.05, 0) is 4.48 Å². The van der Waals surface area contributed by atoms with E-state index in [1.165, 1.54) is 18.2 Å². The summed E-state index contributed by atoms with van der Waals surface area (Å²) in [7, 11) is 0. The first-order valence-corrected chi connectivity index (χ1v) is 4.61. The number of nitrogens with zero attached hydrogens (tertiary/aromatic N) is 2. The summed E-state index contributed by atoms with van der Waals surface area (Å²) >= 11 is 0. The van der Waals surface area contributed by atoms with E-state index in [2.05, 4.69) is 0 Å². The molecular formula is C10H7F6N2+. The van der Waals surface area contributed by atoms with E-state index in [0.717, 1.165) is 12.1 Å². The molecule has 0 bridgehead atoms. The number of hydrogen-bond acceptors (Lipinski definition) is 1. The van der Waals surface area contributed by atoms with Gasteiger partial charge < -0.3 is 0 Å². The van der Waals surface area contributed by atoms with Gasteiger partial charge in [0.2, 0.25) is 0 Å². The predicted molar refractivity (Wildman–Crippen MR) is 48.1 cm³/mol. The van der Waals surface area contributed by atoms with Crippen molar-refractivity contribution in [3.8, 4) is 6.19 Å². The fourth-order valence-electron chi connectivity index (χ4n) is 1.33. The second-order valence-corrected chi connectivity index (χ2v) is 3.49. The third-order valence-corrected chi connectivity index (χ3v) is 2.30. The Kier molecular flexibility index (Phi) is 3.57. The number of rotatable bonds is 2. The molecule has 0 aliphatic rings. The van der Waals surface area contributed by atoms with Gasteiger partial charge >= 0.3 is 18.8 Å². The van der Waals surface area contributed by atoms with Crippen LogP contribution < -0.4 is 0 Å². The zero-order chi connectivity index (χ0) is 14.0. The van der Waals surface area contributed by atoms with Gasteiger partial charge in [0.15, 0.2) is 0 Å². The number of halogens is 6. The first-order chi connectivity index (χ1) is 8.14. The number of quaternary nitrogens is 1. The van der Waals surface area contributed by atoms with E-state index in [1.807, 2.05) is 0 Å². The van der Waals surface area contributed by atoms with Crippen LogP contribution in [0.3, 0.4) is 0 Å². The molecule has 2 nitrogen and oxygen atoms in total. The second kappa shape index (κ2) is 4.49. The Labute approximate surface area is 98.2 Å². The summed E-state index contributed by atoms with van der Waals surface area (Å²) in [4.78, 5) is 0. The van der Waals surface area contributed by atoms with Crippen LogP contribution in [0.5, 0.6) is 0 Å². The van der Waals surface area contributed by atoms with Gasteiger partial charge in [0, 0.05) is 5.56 Å². The lowest BCUT2D eigenvalue weighted by Gasteiger charge is -2.30. The molecule has 1 rings (SSSR count). The Morgan fingerprint density at radius 3 is 1.72 bits per heavy atom. The lowest BCUT2D eigenvalue weighted by atomic mass is 10.2. The van der Waals surface area contributed by atoms with Crippen LogP contribution in [0.1, 0.15) is 5.56 Å². The lowest BCUT2D eigenvalue weighted by molar-refractivity contribution is -1.07. The van der Waals surface area contributed by atoms with Crippen LogP contribution in [-0.2, 0) is 6.54 Å². The Hall–Kier alpha value is -1.75. The molecule has 98 valence electrons. The first kappa shape index (κ1) is 14.3. The molecule has 0 radical (unpaired) electrons. The number of benzene rings is 1. The minimum absolute atomic E-state index is 0.228. The molecule has 0 aliphatic heterocycles. The number of nitriles is 1. The maximum absolute atomic E-state index is 12.6. The Morgan fingerprint density at radius 1 is 0.944 bits per heavy atom. The highest BCUT2D eigenvalue weighted by atomic mass is 19.4. The third-order valence-electron chi connectivity index (χ3n) is 2.30. The summed E-state index contributed by atoms with van der Waals surface area (Å²) in [6, 6.07) is 6.25. The van der Waals surface area contributed by atoms with Crippen molar-refractivity contribution >= 4 is 0 Å². The molecule has 0 heterocycles. The highest BCUT2D eigenvalue weighted by molar-refractivity contribution is 5.13. The monoisotopic (exact) mass is 269 g/mol. The predicted octanol–water partition coefficient (Wildman–Crippen LogP) is 3.52. The Bertz CT molecular complexity index is 428. The number of hydrogen-bond donors (Lipinski definition) is 0. The summed E-state index contributed by atoms with van der Waals surface area (Å²) in [6.07, 6.45) is -11.2. The average Bonchev–Trinajstić information content (AvgIpc) is 2.23. The molecule has 0 aromatic heterocycles. The highest BCUT2D eigenvalue weighted by Crippen LogP contribution is 2.43. The minimum atomic E-state index is -5.75. The molecule has 1 aromatic rings. The fourth-order valence-corrected chi connectivity index (χ4v) is 1.33. The van der Waals surface area contributed by atoms with Crippen LogP contribution in [-0.4, -0.2) is 17.1 Å². The zero-order valence-corrected chi connectivity index (χ0v) is 8.76. The fraction of sp³-hybridized carbons (Fsp3) is 0.300. The van der Waals surface area contributed by atoms with Gasteiger partial charge in [0.25, 0.3) is 0 Å². The maximum Gasteiger partial charge on any atom is 0.583 e. The van der Waals surface area contributed by atoms with E-state index in [1.54, 1.807) is 0 Å². The van der Waals surface area contributed by atoms with Crippen molar-refractivity contribution in [2.45, 2.75) is 19.1 Å². The summed E-state index contributed by atoms with van der Waals surface area (Å²) in [6.45, 7) is -1.51. The van der Waals surface area contributed by atoms with Gasteiger partial charge in [-0.3, -0.25) is 0 Å². The largest absolute Gasteiger partial charge is 0.583 e. The molecular weight excluding hydrogens is 262 g/mol. The normalized spacial score (nSPS) is 13.2. The van der Waals surface area contributed by atoms with Crippen molar-refractivity contribution in [2.75, 3.05) is 0 Å². The van der Waals surface area contributed by atoms with Crippen molar-refractivity contribution in [3.63, 3.8) is 0 Å². The van der Waals surface area contributed by atoms with Crippen molar-refractivity contribution in [2.24, 2.45) is 0 Å². The molecule has 0 aliphatic carbocycles. The number of alkyl halides is 6. The summed E-state index contributed by atoms with van der Waals surface area (Å²) in [5, 5.41) is 8.39. The minimum Gasteiger partial charge on any atom is -0.129 e. The molecule has 0 saturated heterocycles. The Morgan fingerprint density at radius 2 is 1.39 bits per heavy atom. The summed E-state index contributed by atoms with van der Waals surface area (Å²) < 4.78 is 71.9. The van der Waals surface area contributed by atoms with Crippen molar-refractivity contribution in [3.05, 3.63) is 35.9 Å². The molecule has 0 saturated carbocycles. The smallest absolute Gasteiger partial charge is 0.129 e. The molecule has 1 aromatic carbocycles. The highest BCUT2D eigenvalue weighted by Gasteiger charge is 2.73. The zero-order valence-electron chi connectivity index (χ0n) is 8.76. The molecule has 0 atom stereocenters. The van der Waals surface area contributed by atoms with Crippen LogP contribution in [0.4, 0.5) is 26.3 Å². The lowest BCUT2D eigenvalue weighted by Crippen LogP contribution is -2.62. The van der Waals surface area contributed by atoms with Crippen molar-refractivity contribution in [1.29, 1.82) is 5.26 Å². The molecule has 0 N–H and O–H groups in total. The average molecular weight is 269 g/mol. The SMILES string of the molecule is N#C[N+](Cc1ccccc1)(C(F)(F)F)C(F)(F)F. The van der Waals surface area contributed by atoms with Crippen LogP contribution >= 0.6 is 0 Å². The van der Waals surface area contributed by atoms with Crippen LogP contribution in [0.25, 0.3) is 0 Å². The van der Waals surface area contributed by atoms with Crippen molar-refractivity contribution < 1.29 is 30.8 Å². The van der Waals surface area contributed by atoms with E-state index in [-0.39, 0.29) is 5.56 Å². The molecule has 0 unspecified atom stereocenters. The van der Waals surface area contributed by atoms with Gasteiger partial charge in [-0.15, -0.1) is 31.6 Å². The third kappa shape index (κ3) is 2.41. The van der Waals surface area contributed by atoms with Gasteiger partial charge in [-0.1, -0.05) is 30.3 Å². The quantitative estimate of drug-likeness (QED) is 0.349. The molecule has 0 amide bonds. The topological polar surface area (TPSA) is 23.8 Å². The maximum atomic E-state index is 12.6. The van der Waals surface area contributed by atoms with Gasteiger partial charge in [-0.2, -0.15) is 0 Å². The van der Waals surface area contributed by atoms with Crippen LogP contribution in [0.15, 0.2) is 30.3 Å². The van der Waals surface area contributed by atoms with E-state index in [0.29, 0.717) is 6.19 Å². The van der Waals surface area contributed by atoms with Crippen molar-refractivity contribution in [1.82, 2.24) is 0 Å². The van der Waals surface area contributed by atoms with Gasteiger partial charge in [0.1, 0.15) is 6.54 Å². The summed E-state index contributed by atoms with van der Waals surface area (Å²) in [5.41, 5.74) is -0.228. The van der Waals surface area contributed by atoms with Crippen LogP contribution in [0, 0.1) is 11.5 Å². The van der Waals surface area contributed by atoms with Gasteiger partial charge in [-0.25, -0.2) is 0 Å². The summed E-state index contributed by atoms with van der Waals surface area (Å²) in [5.74, 6) is 0. The van der Waals surface area contributed by atoms with Crippen LogP contribution in [0.2, 0.25) is 0 Å². The first-order valence-electron chi connectivity index (χ1n) is 4.61. The molecule has 0 fully saturated rings. The van der Waals surface area contributed by atoms with E-state index >= 15 is 0 Å². The van der Waals surface area contributed by atoms with E-state index in [9.17, 15) is 26.3 Å². The molecule has 8 heteroatoms. The second-order valence-electron chi connectivity index (χ2n) is 3.49. The standard InChI is InChI=1S/C10H7F6N2/c11-9(12,13)18(7-17,10(14,15)16)6-8-4-2-1-3-5-8/h1-5H,6H2/q+1. The molecule has 0 spiro atoms. The molecule has 18 heavy (non-hydrogen) atoms. The van der Waals surface area contributed by atoms with E-state index in [4.69, 9.17) is 5.26 Å². The van der Waals surface area contributed by atoms with E-state index < -0.39 is 23.6 Å². The van der Waals surface area contributed by atoms with Gasteiger partial charge in [0.05, 0.1) is 0 Å².